The number of nitrogens with zero attached hydrogens (tertiary/aromatic N) is 1. The number of nitrogens with one attached hydrogen (secondary N) is 1. The minimum atomic E-state index is -3.80. The van der Waals surface area contributed by atoms with Crippen molar-refractivity contribution < 1.29 is 12.8 Å². The van der Waals surface area contributed by atoms with E-state index in [1.165, 1.54) is 18.2 Å². The first-order chi connectivity index (χ1) is 10.9. The van der Waals surface area contributed by atoms with Gasteiger partial charge in [0.15, 0.2) is 0 Å². The van der Waals surface area contributed by atoms with Crippen molar-refractivity contribution in [3.05, 3.63) is 59.9 Å². The highest BCUT2D eigenvalue weighted by Gasteiger charge is 2.17. The summed E-state index contributed by atoms with van der Waals surface area (Å²) in [5, 5.41) is 0. The molecule has 0 aromatic heterocycles. The maximum atomic E-state index is 13.5. The number of aryl methyl sites for hydroxylation is 1. The summed E-state index contributed by atoms with van der Waals surface area (Å²) in [7, 11) is 0.162. The molecule has 0 aliphatic rings. The second-order valence-corrected chi connectivity index (χ2v) is 7.23. The van der Waals surface area contributed by atoms with Gasteiger partial charge in [0.05, 0.1) is 0 Å². The fourth-order valence-electron chi connectivity index (χ4n) is 2.20. The van der Waals surface area contributed by atoms with E-state index in [0.29, 0.717) is 6.42 Å². The van der Waals surface area contributed by atoms with Crippen LogP contribution >= 0.6 is 0 Å². The van der Waals surface area contributed by atoms with Crippen LogP contribution in [0, 0.1) is 5.82 Å². The van der Waals surface area contributed by atoms with Crippen LogP contribution in [0.5, 0.6) is 0 Å². The Morgan fingerprint density at radius 1 is 1.04 bits per heavy atom. The average Bonchev–Trinajstić information content (AvgIpc) is 2.52. The molecular weight excluding hydrogens is 315 g/mol. The van der Waals surface area contributed by atoms with Gasteiger partial charge in [-0.05, 0) is 42.7 Å². The van der Waals surface area contributed by atoms with Crippen molar-refractivity contribution in [2.45, 2.75) is 17.7 Å². The van der Waals surface area contributed by atoms with Crippen molar-refractivity contribution in [1.82, 2.24) is 4.72 Å². The summed E-state index contributed by atoms with van der Waals surface area (Å²) >= 11 is 0. The Morgan fingerprint density at radius 2 is 1.70 bits per heavy atom. The molecular formula is C17H21FN2O2S. The van der Waals surface area contributed by atoms with Crippen molar-refractivity contribution in [1.29, 1.82) is 0 Å². The Bertz CT molecular complexity index is 743. The molecule has 0 aliphatic carbocycles. The van der Waals surface area contributed by atoms with Crippen LogP contribution in [0.25, 0.3) is 0 Å². The van der Waals surface area contributed by atoms with Gasteiger partial charge in [0.25, 0.3) is 0 Å². The fraction of sp³-hybridized carbons (Fsp3) is 0.294. The van der Waals surface area contributed by atoms with Crippen molar-refractivity contribution in [2.24, 2.45) is 0 Å². The Morgan fingerprint density at radius 3 is 2.30 bits per heavy atom. The normalized spacial score (nSPS) is 11.4. The summed E-state index contributed by atoms with van der Waals surface area (Å²) < 4.78 is 40.0. The molecule has 0 unspecified atom stereocenters. The highest BCUT2D eigenvalue weighted by Crippen LogP contribution is 2.14. The van der Waals surface area contributed by atoms with Gasteiger partial charge in [-0.1, -0.05) is 24.3 Å². The van der Waals surface area contributed by atoms with Crippen LogP contribution in [0.15, 0.2) is 53.4 Å². The van der Waals surface area contributed by atoms with Crippen LogP contribution in [0.1, 0.15) is 12.0 Å². The lowest BCUT2D eigenvalue weighted by Gasteiger charge is -2.12. The third-order valence-electron chi connectivity index (χ3n) is 3.51. The van der Waals surface area contributed by atoms with E-state index in [2.05, 4.69) is 4.72 Å². The molecule has 23 heavy (non-hydrogen) atoms. The molecule has 0 heterocycles. The number of rotatable bonds is 7. The van der Waals surface area contributed by atoms with Crippen molar-refractivity contribution >= 4 is 15.7 Å². The highest BCUT2D eigenvalue weighted by molar-refractivity contribution is 7.89. The molecule has 0 amide bonds. The summed E-state index contributed by atoms with van der Waals surface area (Å²) in [5.74, 6) is -0.737. The van der Waals surface area contributed by atoms with Gasteiger partial charge in [0.2, 0.25) is 10.0 Å². The number of hydrogen-bond donors (Lipinski definition) is 1. The van der Waals surface area contributed by atoms with E-state index in [9.17, 15) is 12.8 Å². The van der Waals surface area contributed by atoms with Crippen molar-refractivity contribution in [3.63, 3.8) is 0 Å². The number of sulfonamides is 1. The summed E-state index contributed by atoms with van der Waals surface area (Å²) in [6, 6.07) is 13.5. The molecule has 2 rings (SSSR count). The van der Waals surface area contributed by atoms with Crippen LogP contribution in [-0.2, 0) is 16.4 Å². The minimum Gasteiger partial charge on any atom is -0.378 e. The molecule has 0 atom stereocenters. The number of halogens is 1. The first-order valence-electron chi connectivity index (χ1n) is 7.40. The number of hydrogen-bond acceptors (Lipinski definition) is 3. The molecule has 124 valence electrons. The van der Waals surface area contributed by atoms with Gasteiger partial charge in [-0.2, -0.15) is 0 Å². The number of benzene rings is 2. The van der Waals surface area contributed by atoms with E-state index >= 15 is 0 Å². The van der Waals surface area contributed by atoms with E-state index in [1.54, 1.807) is 0 Å². The zero-order chi connectivity index (χ0) is 16.9. The molecule has 0 saturated carbocycles. The van der Waals surface area contributed by atoms with E-state index in [4.69, 9.17) is 0 Å². The zero-order valence-corrected chi connectivity index (χ0v) is 14.1. The average molecular weight is 336 g/mol. The van der Waals surface area contributed by atoms with Gasteiger partial charge in [-0.3, -0.25) is 0 Å². The minimum absolute atomic E-state index is 0.270. The lowest BCUT2D eigenvalue weighted by Crippen LogP contribution is -2.26. The van der Waals surface area contributed by atoms with Crippen LogP contribution in [0.4, 0.5) is 10.1 Å². The maximum Gasteiger partial charge on any atom is 0.243 e. The van der Waals surface area contributed by atoms with Crippen molar-refractivity contribution in [3.8, 4) is 0 Å². The quantitative estimate of drug-likeness (QED) is 0.791. The molecule has 0 spiro atoms. The van der Waals surface area contributed by atoms with Gasteiger partial charge in [0, 0.05) is 26.3 Å². The first kappa shape index (κ1) is 17.4. The van der Waals surface area contributed by atoms with E-state index < -0.39 is 15.8 Å². The molecule has 0 aliphatic heterocycles. The Labute approximate surface area is 137 Å². The topological polar surface area (TPSA) is 49.4 Å². The Balaban J connectivity index is 1.86. The summed E-state index contributed by atoms with van der Waals surface area (Å²) in [4.78, 5) is 1.71. The Kier molecular flexibility index (Phi) is 5.74. The zero-order valence-electron chi connectivity index (χ0n) is 13.3. The third-order valence-corrected chi connectivity index (χ3v) is 5.01. The third kappa shape index (κ3) is 4.77. The molecule has 2 aromatic carbocycles. The van der Waals surface area contributed by atoms with Gasteiger partial charge >= 0.3 is 0 Å². The summed E-state index contributed by atoms with van der Waals surface area (Å²) in [5.41, 5.74) is 2.26. The molecule has 6 heteroatoms. The van der Waals surface area contributed by atoms with Gasteiger partial charge in [-0.25, -0.2) is 17.5 Å². The van der Waals surface area contributed by atoms with Crippen LogP contribution in [0.2, 0.25) is 0 Å². The van der Waals surface area contributed by atoms with Gasteiger partial charge < -0.3 is 4.90 Å². The van der Waals surface area contributed by atoms with E-state index in [1.807, 2.05) is 43.3 Å². The van der Waals surface area contributed by atoms with Crippen LogP contribution in [0.3, 0.4) is 0 Å². The Hall–Kier alpha value is -1.92. The van der Waals surface area contributed by atoms with Crippen LogP contribution in [-0.4, -0.2) is 29.1 Å². The first-order valence-corrected chi connectivity index (χ1v) is 8.89. The predicted molar refractivity (Wildman–Crippen MR) is 90.7 cm³/mol. The van der Waals surface area contributed by atoms with Gasteiger partial charge in [-0.15, -0.1) is 0 Å². The number of anilines is 1. The molecule has 0 fully saturated rings. The van der Waals surface area contributed by atoms with E-state index in [0.717, 1.165) is 23.7 Å². The maximum absolute atomic E-state index is 13.5. The second kappa shape index (κ2) is 7.57. The largest absolute Gasteiger partial charge is 0.378 e. The molecule has 0 bridgehead atoms. The molecule has 1 N–H and O–H groups in total. The molecule has 2 aromatic rings. The monoisotopic (exact) mass is 336 g/mol. The fourth-order valence-corrected chi connectivity index (χ4v) is 3.35. The molecule has 0 radical (unpaired) electrons. The smallest absolute Gasteiger partial charge is 0.243 e. The highest BCUT2D eigenvalue weighted by atomic mass is 32.2. The second-order valence-electron chi connectivity index (χ2n) is 5.49. The molecule has 0 saturated heterocycles. The molecule has 4 nitrogen and oxygen atoms in total. The lowest BCUT2D eigenvalue weighted by atomic mass is 10.1. The SMILES string of the molecule is CN(C)c1ccc(CCCNS(=O)(=O)c2ccccc2F)cc1. The van der Waals surface area contributed by atoms with Crippen molar-refractivity contribution in [2.75, 3.05) is 25.5 Å². The summed E-state index contributed by atoms with van der Waals surface area (Å²) in [6.45, 7) is 0.270. The van der Waals surface area contributed by atoms with Crippen LogP contribution < -0.4 is 9.62 Å². The lowest BCUT2D eigenvalue weighted by molar-refractivity contribution is 0.555. The predicted octanol–water partition coefficient (Wildman–Crippen LogP) is 2.80. The van der Waals surface area contributed by atoms with Gasteiger partial charge in [0.1, 0.15) is 10.7 Å². The summed E-state index contributed by atoms with van der Waals surface area (Å²) in [6.07, 6.45) is 1.41. The van der Waals surface area contributed by atoms with E-state index in [-0.39, 0.29) is 11.4 Å². The standard InChI is InChI=1S/C17H21FN2O2S/c1-20(2)15-11-9-14(10-12-15)6-5-13-19-23(21,22)17-8-4-3-7-16(17)18/h3-4,7-12,19H,5-6,13H2,1-2H3.